The minimum Gasteiger partial charge on any atom is -0.406 e. The summed E-state index contributed by atoms with van der Waals surface area (Å²) in [6.45, 7) is 0. The van der Waals surface area contributed by atoms with Gasteiger partial charge in [0, 0.05) is 11.8 Å². The van der Waals surface area contributed by atoms with Crippen LogP contribution in [0, 0.1) is 0 Å². The minimum atomic E-state index is -4.78. The van der Waals surface area contributed by atoms with E-state index in [4.69, 9.17) is 11.6 Å². The van der Waals surface area contributed by atoms with Gasteiger partial charge in [-0.3, -0.25) is 10.1 Å². The Balaban J connectivity index is 2.06. The number of hydrogen-bond acceptors (Lipinski definition) is 4. The quantitative estimate of drug-likeness (QED) is 0.882. The van der Waals surface area contributed by atoms with Crippen molar-refractivity contribution in [3.63, 3.8) is 0 Å². The van der Waals surface area contributed by atoms with Gasteiger partial charge in [0.1, 0.15) is 10.9 Å². The molecular formula is C12H7ClF3N3O2. The molecule has 0 spiro atoms. The molecule has 2 aromatic rings. The van der Waals surface area contributed by atoms with E-state index in [-0.39, 0.29) is 16.7 Å². The molecule has 1 aromatic heterocycles. The Hall–Kier alpha value is -2.35. The highest BCUT2D eigenvalue weighted by atomic mass is 35.5. The number of anilines is 1. The van der Waals surface area contributed by atoms with Crippen molar-refractivity contribution in [2.75, 3.05) is 5.32 Å². The van der Waals surface area contributed by atoms with Gasteiger partial charge in [0.2, 0.25) is 5.95 Å². The number of halogens is 4. The van der Waals surface area contributed by atoms with E-state index in [9.17, 15) is 18.0 Å². The van der Waals surface area contributed by atoms with Crippen molar-refractivity contribution >= 4 is 23.5 Å². The first-order chi connectivity index (χ1) is 9.83. The molecule has 9 heteroatoms. The fourth-order valence-corrected chi connectivity index (χ4v) is 1.51. The van der Waals surface area contributed by atoms with Crippen molar-refractivity contribution in [3.8, 4) is 5.75 Å². The van der Waals surface area contributed by atoms with E-state index in [0.29, 0.717) is 0 Å². The second-order valence-corrected chi connectivity index (χ2v) is 4.12. The maximum atomic E-state index is 12.0. The minimum absolute atomic E-state index is 0.0110. The van der Waals surface area contributed by atoms with E-state index < -0.39 is 18.0 Å². The maximum Gasteiger partial charge on any atom is 0.573 e. The zero-order valence-corrected chi connectivity index (χ0v) is 10.9. The monoisotopic (exact) mass is 317 g/mol. The van der Waals surface area contributed by atoms with E-state index in [0.717, 1.165) is 12.1 Å². The highest BCUT2D eigenvalue weighted by Gasteiger charge is 2.31. The first-order valence-electron chi connectivity index (χ1n) is 5.49. The lowest BCUT2D eigenvalue weighted by molar-refractivity contribution is -0.274. The van der Waals surface area contributed by atoms with Gasteiger partial charge in [-0.1, -0.05) is 11.6 Å². The van der Waals surface area contributed by atoms with Gasteiger partial charge in [-0.05, 0) is 30.3 Å². The van der Waals surface area contributed by atoms with E-state index in [1.807, 2.05) is 0 Å². The third kappa shape index (κ3) is 4.60. The largest absolute Gasteiger partial charge is 0.573 e. The predicted molar refractivity (Wildman–Crippen MR) is 68.1 cm³/mol. The van der Waals surface area contributed by atoms with E-state index in [2.05, 4.69) is 20.0 Å². The Bertz CT molecular complexity index is 647. The topological polar surface area (TPSA) is 64.1 Å². The number of aromatic nitrogens is 2. The van der Waals surface area contributed by atoms with Crippen LogP contribution < -0.4 is 10.1 Å². The standard InChI is InChI=1S/C12H7ClF3N3O2/c13-9-5-6-17-11(18-9)19-10(20)7-1-3-8(4-2-7)21-12(14,15)16/h1-6H,(H,17,18,19,20). The lowest BCUT2D eigenvalue weighted by Gasteiger charge is -2.09. The summed E-state index contributed by atoms with van der Waals surface area (Å²) < 4.78 is 39.7. The fraction of sp³-hybridized carbons (Fsp3) is 0.0833. The summed E-state index contributed by atoms with van der Waals surface area (Å²) in [5, 5.41) is 2.51. The summed E-state index contributed by atoms with van der Waals surface area (Å²) in [5.74, 6) is -1.02. The molecule has 0 unspecified atom stereocenters. The van der Waals surface area contributed by atoms with Gasteiger partial charge in [-0.25, -0.2) is 9.97 Å². The second kappa shape index (κ2) is 5.96. The van der Waals surface area contributed by atoms with Crippen molar-refractivity contribution in [2.45, 2.75) is 6.36 Å². The van der Waals surface area contributed by atoms with Crippen LogP contribution in [0.1, 0.15) is 10.4 Å². The molecule has 110 valence electrons. The Labute approximate surface area is 121 Å². The van der Waals surface area contributed by atoms with Gasteiger partial charge in [0.15, 0.2) is 0 Å². The van der Waals surface area contributed by atoms with E-state index in [1.165, 1.54) is 24.4 Å². The molecule has 0 bridgehead atoms. The molecule has 0 atom stereocenters. The summed E-state index contributed by atoms with van der Waals surface area (Å²) in [6, 6.07) is 5.85. The third-order valence-corrected chi connectivity index (χ3v) is 2.41. The van der Waals surface area contributed by atoms with Crippen LogP contribution in [0.5, 0.6) is 5.75 Å². The normalized spacial score (nSPS) is 11.0. The predicted octanol–water partition coefficient (Wildman–Crippen LogP) is 3.28. The van der Waals surface area contributed by atoms with Crippen molar-refractivity contribution in [1.82, 2.24) is 9.97 Å². The molecule has 1 N–H and O–H groups in total. The molecule has 0 aliphatic heterocycles. The fourth-order valence-electron chi connectivity index (χ4n) is 1.38. The van der Waals surface area contributed by atoms with Crippen LogP contribution in [-0.2, 0) is 0 Å². The number of carbonyl (C=O) groups excluding carboxylic acids is 1. The Morgan fingerprint density at radius 1 is 1.19 bits per heavy atom. The molecule has 0 aliphatic rings. The van der Waals surface area contributed by atoms with Crippen LogP contribution in [0.15, 0.2) is 36.5 Å². The number of rotatable bonds is 3. The Kier molecular flexibility index (Phi) is 4.27. The van der Waals surface area contributed by atoms with E-state index in [1.54, 1.807) is 0 Å². The van der Waals surface area contributed by atoms with Gasteiger partial charge in [-0.15, -0.1) is 13.2 Å². The first kappa shape index (κ1) is 15.0. The number of carbonyl (C=O) groups is 1. The molecule has 0 aliphatic carbocycles. The second-order valence-electron chi connectivity index (χ2n) is 3.73. The number of hydrogen-bond donors (Lipinski definition) is 1. The Morgan fingerprint density at radius 2 is 1.86 bits per heavy atom. The molecule has 1 amide bonds. The molecule has 0 saturated heterocycles. The van der Waals surface area contributed by atoms with Crippen molar-refractivity contribution in [1.29, 1.82) is 0 Å². The lowest BCUT2D eigenvalue weighted by atomic mass is 10.2. The van der Waals surface area contributed by atoms with Gasteiger partial charge in [0.05, 0.1) is 0 Å². The first-order valence-corrected chi connectivity index (χ1v) is 5.87. The number of benzene rings is 1. The van der Waals surface area contributed by atoms with Crippen molar-refractivity contribution < 1.29 is 22.7 Å². The summed E-state index contributed by atoms with van der Waals surface area (Å²) in [6.07, 6.45) is -3.43. The van der Waals surface area contributed by atoms with Crippen LogP contribution in [-0.4, -0.2) is 22.2 Å². The molecule has 1 aromatic carbocycles. The van der Waals surface area contributed by atoms with Crippen LogP contribution >= 0.6 is 11.6 Å². The van der Waals surface area contributed by atoms with Gasteiger partial charge >= 0.3 is 6.36 Å². The zero-order chi connectivity index (χ0) is 15.5. The third-order valence-electron chi connectivity index (χ3n) is 2.20. The number of ether oxygens (including phenoxy) is 1. The smallest absolute Gasteiger partial charge is 0.406 e. The molecule has 0 saturated carbocycles. The molecule has 1 heterocycles. The molecule has 21 heavy (non-hydrogen) atoms. The van der Waals surface area contributed by atoms with Crippen LogP contribution in [0.3, 0.4) is 0 Å². The molecule has 5 nitrogen and oxygen atoms in total. The lowest BCUT2D eigenvalue weighted by Crippen LogP contribution is -2.17. The SMILES string of the molecule is O=C(Nc1nccc(Cl)n1)c1ccc(OC(F)(F)F)cc1. The number of amides is 1. The van der Waals surface area contributed by atoms with Crippen LogP contribution in [0.4, 0.5) is 19.1 Å². The van der Waals surface area contributed by atoms with Crippen molar-refractivity contribution in [3.05, 3.63) is 47.2 Å². The average Bonchev–Trinajstić information content (AvgIpc) is 2.37. The number of alkyl halides is 3. The number of nitrogens with one attached hydrogen (secondary N) is 1. The average molecular weight is 318 g/mol. The summed E-state index contributed by atoms with van der Waals surface area (Å²) >= 11 is 5.63. The zero-order valence-electron chi connectivity index (χ0n) is 10.2. The molecule has 0 radical (unpaired) electrons. The van der Waals surface area contributed by atoms with Gasteiger partial charge in [0.25, 0.3) is 5.91 Å². The summed E-state index contributed by atoms with van der Waals surface area (Å²) in [5.41, 5.74) is 0.119. The highest BCUT2D eigenvalue weighted by molar-refractivity contribution is 6.29. The maximum absolute atomic E-state index is 12.0. The Morgan fingerprint density at radius 3 is 2.43 bits per heavy atom. The van der Waals surface area contributed by atoms with Crippen molar-refractivity contribution in [2.24, 2.45) is 0 Å². The number of nitrogens with zero attached hydrogens (tertiary/aromatic N) is 2. The van der Waals surface area contributed by atoms with Gasteiger partial charge < -0.3 is 4.74 Å². The highest BCUT2D eigenvalue weighted by Crippen LogP contribution is 2.22. The summed E-state index contributed by atoms with van der Waals surface area (Å²) in [7, 11) is 0. The van der Waals surface area contributed by atoms with Gasteiger partial charge in [-0.2, -0.15) is 0 Å². The molecule has 0 fully saturated rings. The van der Waals surface area contributed by atoms with E-state index >= 15 is 0 Å². The van der Waals surface area contributed by atoms with Crippen LogP contribution in [0.2, 0.25) is 5.15 Å². The summed E-state index contributed by atoms with van der Waals surface area (Å²) in [4.78, 5) is 19.3. The molecule has 2 rings (SSSR count). The van der Waals surface area contributed by atoms with Crippen LogP contribution in [0.25, 0.3) is 0 Å². The molecular weight excluding hydrogens is 311 g/mol.